The summed E-state index contributed by atoms with van der Waals surface area (Å²) < 4.78 is 11.0. The Morgan fingerprint density at radius 2 is 1.90 bits per heavy atom. The summed E-state index contributed by atoms with van der Waals surface area (Å²) in [7, 11) is 1.72. The van der Waals surface area contributed by atoms with Crippen molar-refractivity contribution in [2.45, 2.75) is 70.1 Å². The summed E-state index contributed by atoms with van der Waals surface area (Å²) in [6, 6.07) is 5.72. The van der Waals surface area contributed by atoms with E-state index in [0.717, 1.165) is 50.0 Å². The Kier molecular flexibility index (Phi) is 7.55. The Labute approximate surface area is 175 Å². The summed E-state index contributed by atoms with van der Waals surface area (Å²) in [6.45, 7) is 7.70. The molecule has 6 nitrogen and oxygen atoms in total. The van der Waals surface area contributed by atoms with Gasteiger partial charge in [-0.25, -0.2) is 0 Å². The minimum Gasteiger partial charge on any atom is -0.506 e. The highest BCUT2D eigenvalue weighted by Gasteiger charge is 2.38. The quantitative estimate of drug-likeness (QED) is 0.347. The largest absolute Gasteiger partial charge is 0.506 e. The van der Waals surface area contributed by atoms with Crippen LogP contribution >= 0.6 is 0 Å². The van der Waals surface area contributed by atoms with Crippen molar-refractivity contribution in [2.24, 2.45) is 0 Å². The third-order valence-electron chi connectivity index (χ3n) is 6.70. The van der Waals surface area contributed by atoms with Crippen LogP contribution in [-0.2, 0) is 9.47 Å². The third kappa shape index (κ3) is 5.71. The van der Waals surface area contributed by atoms with E-state index >= 15 is 0 Å². The van der Waals surface area contributed by atoms with Gasteiger partial charge in [0.25, 0.3) is 0 Å². The van der Waals surface area contributed by atoms with E-state index in [2.05, 4.69) is 17.1 Å². The Balaban J connectivity index is 1.48. The van der Waals surface area contributed by atoms with Crippen LogP contribution in [0.2, 0.25) is 0 Å². The summed E-state index contributed by atoms with van der Waals surface area (Å²) >= 11 is 0. The summed E-state index contributed by atoms with van der Waals surface area (Å²) in [5.41, 5.74) is 2.37. The lowest BCUT2D eigenvalue weighted by atomic mass is 9.79. The van der Waals surface area contributed by atoms with Crippen LogP contribution in [0.5, 0.6) is 5.75 Å². The van der Waals surface area contributed by atoms with Crippen LogP contribution in [0.3, 0.4) is 0 Å². The molecule has 0 unspecified atom stereocenters. The van der Waals surface area contributed by atoms with E-state index in [1.807, 2.05) is 6.07 Å². The molecule has 29 heavy (non-hydrogen) atoms. The molecule has 2 aliphatic rings. The second kappa shape index (κ2) is 9.92. The molecule has 1 aliphatic carbocycles. The maximum Gasteiger partial charge on any atom is 0.138 e. The zero-order chi connectivity index (χ0) is 20.9. The number of likely N-dealkylation sites (tertiary alicyclic amines) is 1. The fraction of sp³-hybridized carbons (Fsp3) is 0.696. The van der Waals surface area contributed by atoms with Crippen molar-refractivity contribution in [3.8, 4) is 5.75 Å². The molecule has 0 radical (unpaired) electrons. The van der Waals surface area contributed by atoms with Crippen LogP contribution in [0.25, 0.3) is 0 Å². The molecular weight excluding hydrogens is 366 g/mol. The van der Waals surface area contributed by atoms with Gasteiger partial charge in [-0.05, 0) is 76.1 Å². The van der Waals surface area contributed by atoms with Gasteiger partial charge < -0.3 is 25.3 Å². The SMILES string of the molecule is COCCO[C@H]1CC[C@](C)(N2CCC(Nc3cc(C(C)=N)ccc3O)CC2)CC1. The molecule has 1 aromatic carbocycles. The fourth-order valence-electron chi connectivity index (χ4n) is 4.66. The molecule has 2 fully saturated rings. The molecule has 3 N–H and O–H groups in total. The maximum absolute atomic E-state index is 10.2. The molecule has 162 valence electrons. The number of benzene rings is 1. The number of nitrogens with zero attached hydrogens (tertiary/aromatic N) is 1. The number of ether oxygens (including phenoxy) is 2. The van der Waals surface area contributed by atoms with E-state index in [-0.39, 0.29) is 11.3 Å². The summed E-state index contributed by atoms with van der Waals surface area (Å²) in [5, 5.41) is 21.5. The van der Waals surface area contributed by atoms with Crippen molar-refractivity contribution in [3.63, 3.8) is 0 Å². The van der Waals surface area contributed by atoms with Gasteiger partial charge >= 0.3 is 0 Å². The van der Waals surface area contributed by atoms with Crippen LogP contribution in [-0.4, -0.2) is 66.8 Å². The molecule has 0 bridgehead atoms. The lowest BCUT2D eigenvalue weighted by Crippen LogP contribution is -2.53. The molecule has 0 atom stereocenters. The Morgan fingerprint density at radius 3 is 2.52 bits per heavy atom. The minimum absolute atomic E-state index is 0.260. The number of aromatic hydroxyl groups is 1. The van der Waals surface area contributed by atoms with E-state index in [0.29, 0.717) is 31.1 Å². The van der Waals surface area contributed by atoms with Gasteiger partial charge in [0.15, 0.2) is 0 Å². The lowest BCUT2D eigenvalue weighted by molar-refractivity contribution is -0.0398. The molecule has 3 rings (SSSR count). The van der Waals surface area contributed by atoms with Gasteiger partial charge in [0.2, 0.25) is 0 Å². The third-order valence-corrected chi connectivity index (χ3v) is 6.70. The van der Waals surface area contributed by atoms with Crippen LogP contribution in [0.4, 0.5) is 5.69 Å². The highest BCUT2D eigenvalue weighted by Crippen LogP contribution is 2.37. The minimum atomic E-state index is 0.260. The second-order valence-electron chi connectivity index (χ2n) is 8.82. The number of piperidine rings is 1. The average molecular weight is 404 g/mol. The molecule has 1 aliphatic heterocycles. The molecule has 1 heterocycles. The predicted molar refractivity (Wildman–Crippen MR) is 117 cm³/mol. The van der Waals surface area contributed by atoms with Gasteiger partial charge in [0.1, 0.15) is 5.75 Å². The standard InChI is InChI=1S/C23H37N3O3/c1-17(24)18-4-5-22(27)21(16-18)25-19-8-12-26(13-9-19)23(2)10-6-20(7-11-23)29-15-14-28-3/h4-5,16,19-20,24-25,27H,6-15H2,1-3H3/t20-,23-. The Bertz CT molecular complexity index is 678. The van der Waals surface area contributed by atoms with Crippen LogP contribution < -0.4 is 5.32 Å². The highest BCUT2D eigenvalue weighted by molar-refractivity contribution is 5.97. The summed E-state index contributed by atoms with van der Waals surface area (Å²) in [6.07, 6.45) is 7.14. The van der Waals surface area contributed by atoms with E-state index in [4.69, 9.17) is 14.9 Å². The smallest absolute Gasteiger partial charge is 0.138 e. The van der Waals surface area contributed by atoms with Gasteiger partial charge in [-0.2, -0.15) is 0 Å². The van der Waals surface area contributed by atoms with Crippen LogP contribution in [0.15, 0.2) is 18.2 Å². The molecule has 0 amide bonds. The molecule has 0 spiro atoms. The van der Waals surface area contributed by atoms with Crippen molar-refractivity contribution < 1.29 is 14.6 Å². The highest BCUT2D eigenvalue weighted by atomic mass is 16.5. The number of hydrogen-bond donors (Lipinski definition) is 3. The maximum atomic E-state index is 10.2. The Morgan fingerprint density at radius 1 is 1.21 bits per heavy atom. The van der Waals surface area contributed by atoms with Gasteiger partial charge in [0, 0.05) is 37.5 Å². The topological polar surface area (TPSA) is 77.8 Å². The predicted octanol–water partition coefficient (Wildman–Crippen LogP) is 4.02. The van der Waals surface area contributed by atoms with E-state index < -0.39 is 0 Å². The van der Waals surface area contributed by atoms with Crippen molar-refractivity contribution >= 4 is 11.4 Å². The molecule has 1 saturated carbocycles. The van der Waals surface area contributed by atoms with Crippen LogP contribution in [0, 0.1) is 5.41 Å². The van der Waals surface area contributed by atoms with Gasteiger partial charge in [-0.15, -0.1) is 0 Å². The second-order valence-corrected chi connectivity index (χ2v) is 8.82. The summed E-state index contributed by atoms with van der Waals surface area (Å²) in [4.78, 5) is 2.66. The monoisotopic (exact) mass is 403 g/mol. The molecule has 1 saturated heterocycles. The first-order chi connectivity index (χ1) is 13.9. The van der Waals surface area contributed by atoms with Gasteiger partial charge in [0.05, 0.1) is 25.0 Å². The van der Waals surface area contributed by atoms with Crippen molar-refractivity contribution in [2.75, 3.05) is 38.7 Å². The number of phenolic OH excluding ortho intramolecular Hbond substituents is 1. The Hall–Kier alpha value is -1.63. The average Bonchev–Trinajstić information content (AvgIpc) is 2.72. The van der Waals surface area contributed by atoms with Crippen molar-refractivity contribution in [3.05, 3.63) is 23.8 Å². The molecule has 1 aromatic rings. The van der Waals surface area contributed by atoms with Crippen LogP contribution in [0.1, 0.15) is 57.9 Å². The molecular formula is C23H37N3O3. The van der Waals surface area contributed by atoms with Gasteiger partial charge in [-0.1, -0.05) is 0 Å². The zero-order valence-electron chi connectivity index (χ0n) is 18.2. The first-order valence-corrected chi connectivity index (χ1v) is 10.9. The fourth-order valence-corrected chi connectivity index (χ4v) is 4.66. The van der Waals surface area contributed by atoms with Gasteiger partial charge in [-0.3, -0.25) is 4.90 Å². The number of nitrogens with one attached hydrogen (secondary N) is 2. The zero-order valence-corrected chi connectivity index (χ0v) is 18.2. The number of hydrogen-bond acceptors (Lipinski definition) is 6. The summed E-state index contributed by atoms with van der Waals surface area (Å²) in [5.74, 6) is 0.260. The lowest BCUT2D eigenvalue weighted by Gasteiger charge is -2.48. The van der Waals surface area contributed by atoms with E-state index in [1.165, 1.54) is 12.8 Å². The first kappa shape index (κ1) is 22.1. The normalized spacial score (nSPS) is 26.4. The van der Waals surface area contributed by atoms with Crippen molar-refractivity contribution in [1.29, 1.82) is 5.41 Å². The number of anilines is 1. The van der Waals surface area contributed by atoms with Crippen molar-refractivity contribution in [1.82, 2.24) is 4.90 Å². The first-order valence-electron chi connectivity index (χ1n) is 10.9. The molecule has 6 heteroatoms. The molecule has 0 aromatic heterocycles. The number of phenols is 1. The number of methoxy groups -OCH3 is 1. The van der Waals surface area contributed by atoms with E-state index in [1.54, 1.807) is 26.2 Å². The van der Waals surface area contributed by atoms with E-state index in [9.17, 15) is 5.11 Å². The number of rotatable bonds is 8.